The second-order valence-corrected chi connectivity index (χ2v) is 6.57. The standard InChI is InChI=1S/C20H17N3O4/c1-20(15-6-7-16-17(10-15)27-9-8-26-16)18(24)23(19(25)22-20)12-14-5-3-2-4-13(14)11-21/h2-7,10H,8-9,12H2,1H3,(H,22,25)/t20-/m0/s1. The Kier molecular flexibility index (Phi) is 3.96. The molecular weight excluding hydrogens is 346 g/mol. The number of nitrogens with zero attached hydrogens (tertiary/aromatic N) is 2. The molecule has 1 saturated heterocycles. The quantitative estimate of drug-likeness (QED) is 0.845. The van der Waals surface area contributed by atoms with E-state index in [1.807, 2.05) is 0 Å². The highest BCUT2D eigenvalue weighted by Crippen LogP contribution is 2.37. The second-order valence-electron chi connectivity index (χ2n) is 6.57. The molecule has 2 heterocycles. The summed E-state index contributed by atoms with van der Waals surface area (Å²) >= 11 is 0. The molecule has 2 aromatic carbocycles. The zero-order chi connectivity index (χ0) is 19.0. The summed E-state index contributed by atoms with van der Waals surface area (Å²) in [5.41, 5.74) is 0.455. The molecular formula is C20H17N3O4. The third-order valence-corrected chi connectivity index (χ3v) is 4.86. The lowest BCUT2D eigenvalue weighted by atomic mass is 9.91. The average Bonchev–Trinajstić information content (AvgIpc) is 2.92. The summed E-state index contributed by atoms with van der Waals surface area (Å²) < 4.78 is 11.1. The van der Waals surface area contributed by atoms with Crippen LogP contribution in [-0.2, 0) is 16.9 Å². The van der Waals surface area contributed by atoms with Crippen LogP contribution in [0.25, 0.3) is 0 Å². The van der Waals surface area contributed by atoms with Gasteiger partial charge < -0.3 is 14.8 Å². The fraction of sp³-hybridized carbons (Fsp3) is 0.250. The number of fused-ring (bicyclic) bond motifs is 1. The van der Waals surface area contributed by atoms with Gasteiger partial charge in [0.15, 0.2) is 11.5 Å². The van der Waals surface area contributed by atoms with Crippen LogP contribution in [0.3, 0.4) is 0 Å². The van der Waals surface area contributed by atoms with Crippen molar-refractivity contribution in [1.82, 2.24) is 10.2 Å². The fourth-order valence-electron chi connectivity index (χ4n) is 3.33. The van der Waals surface area contributed by atoms with Gasteiger partial charge in [-0.15, -0.1) is 0 Å². The predicted octanol–water partition coefficient (Wildman–Crippen LogP) is 2.30. The molecule has 7 heteroatoms. The molecule has 136 valence electrons. The maximum absolute atomic E-state index is 13.1. The highest BCUT2D eigenvalue weighted by atomic mass is 16.6. The van der Waals surface area contributed by atoms with E-state index in [1.165, 1.54) is 0 Å². The molecule has 0 bridgehead atoms. The Balaban J connectivity index is 1.65. The number of imide groups is 1. The number of hydrogen-bond acceptors (Lipinski definition) is 5. The van der Waals surface area contributed by atoms with Gasteiger partial charge in [0.05, 0.1) is 18.2 Å². The summed E-state index contributed by atoms with van der Waals surface area (Å²) in [7, 11) is 0. The van der Waals surface area contributed by atoms with Gasteiger partial charge in [-0.2, -0.15) is 5.26 Å². The van der Waals surface area contributed by atoms with Crippen molar-refractivity contribution in [3.63, 3.8) is 0 Å². The maximum Gasteiger partial charge on any atom is 0.325 e. The molecule has 0 saturated carbocycles. The first-order valence-electron chi connectivity index (χ1n) is 8.55. The van der Waals surface area contributed by atoms with Crippen molar-refractivity contribution in [2.75, 3.05) is 13.2 Å². The first kappa shape index (κ1) is 16.9. The van der Waals surface area contributed by atoms with Crippen molar-refractivity contribution in [2.24, 2.45) is 0 Å². The maximum atomic E-state index is 13.1. The SMILES string of the molecule is C[C@@]1(c2ccc3c(c2)OCCO3)NC(=O)N(Cc2ccccc2C#N)C1=O. The van der Waals surface area contributed by atoms with Crippen molar-refractivity contribution in [2.45, 2.75) is 19.0 Å². The molecule has 0 aliphatic carbocycles. The van der Waals surface area contributed by atoms with Crippen LogP contribution in [0, 0.1) is 11.3 Å². The molecule has 0 radical (unpaired) electrons. The number of nitrogens with one attached hydrogen (secondary N) is 1. The lowest BCUT2D eigenvalue weighted by Crippen LogP contribution is -2.41. The molecule has 1 fully saturated rings. The molecule has 0 spiro atoms. The van der Waals surface area contributed by atoms with Crippen LogP contribution in [0.2, 0.25) is 0 Å². The summed E-state index contributed by atoms with van der Waals surface area (Å²) in [6.07, 6.45) is 0. The van der Waals surface area contributed by atoms with Gasteiger partial charge in [-0.05, 0) is 36.2 Å². The molecule has 0 unspecified atom stereocenters. The van der Waals surface area contributed by atoms with Crippen molar-refractivity contribution in [1.29, 1.82) is 5.26 Å². The number of hydrogen-bond donors (Lipinski definition) is 1. The highest BCUT2D eigenvalue weighted by Gasteiger charge is 2.49. The fourth-order valence-corrected chi connectivity index (χ4v) is 3.33. The number of ether oxygens (including phenoxy) is 2. The number of carbonyl (C=O) groups excluding carboxylic acids is 2. The molecule has 2 aliphatic heterocycles. The largest absolute Gasteiger partial charge is 0.486 e. The van der Waals surface area contributed by atoms with Crippen LogP contribution in [0.15, 0.2) is 42.5 Å². The highest BCUT2D eigenvalue weighted by molar-refractivity contribution is 6.07. The Hall–Kier alpha value is -3.53. The Bertz CT molecular complexity index is 981. The van der Waals surface area contributed by atoms with Crippen LogP contribution < -0.4 is 14.8 Å². The molecule has 1 N–H and O–H groups in total. The number of rotatable bonds is 3. The summed E-state index contributed by atoms with van der Waals surface area (Å²) in [6, 6.07) is 13.7. The van der Waals surface area contributed by atoms with E-state index in [0.717, 1.165) is 4.90 Å². The number of benzene rings is 2. The summed E-state index contributed by atoms with van der Waals surface area (Å²) in [5, 5.41) is 12.0. The molecule has 3 amide bonds. The van der Waals surface area contributed by atoms with Crippen molar-refractivity contribution in [3.05, 3.63) is 59.2 Å². The zero-order valence-electron chi connectivity index (χ0n) is 14.7. The second kappa shape index (κ2) is 6.32. The summed E-state index contributed by atoms with van der Waals surface area (Å²) in [4.78, 5) is 26.8. The van der Waals surface area contributed by atoms with E-state index in [-0.39, 0.29) is 12.5 Å². The molecule has 0 aromatic heterocycles. The van der Waals surface area contributed by atoms with Crippen LogP contribution in [0.4, 0.5) is 4.79 Å². The minimum atomic E-state index is -1.21. The van der Waals surface area contributed by atoms with Gasteiger partial charge in [-0.1, -0.05) is 24.3 Å². The smallest absolute Gasteiger partial charge is 0.325 e. The van der Waals surface area contributed by atoms with E-state index in [2.05, 4.69) is 11.4 Å². The Morgan fingerprint density at radius 3 is 2.67 bits per heavy atom. The van der Waals surface area contributed by atoms with Crippen LogP contribution in [0.1, 0.15) is 23.6 Å². The predicted molar refractivity (Wildman–Crippen MR) is 95.0 cm³/mol. The van der Waals surface area contributed by atoms with Gasteiger partial charge in [0.1, 0.15) is 18.8 Å². The number of nitriles is 1. The van der Waals surface area contributed by atoms with E-state index < -0.39 is 11.6 Å². The van der Waals surface area contributed by atoms with Gasteiger partial charge in [-0.3, -0.25) is 9.69 Å². The van der Waals surface area contributed by atoms with Gasteiger partial charge in [0.25, 0.3) is 5.91 Å². The molecule has 4 rings (SSSR count). The molecule has 27 heavy (non-hydrogen) atoms. The van der Waals surface area contributed by atoms with Gasteiger partial charge >= 0.3 is 6.03 Å². The third-order valence-electron chi connectivity index (χ3n) is 4.86. The van der Waals surface area contributed by atoms with Crippen molar-refractivity contribution < 1.29 is 19.1 Å². The Morgan fingerprint density at radius 1 is 1.15 bits per heavy atom. The normalized spacial score (nSPS) is 21.0. The monoisotopic (exact) mass is 363 g/mol. The van der Waals surface area contributed by atoms with E-state index in [4.69, 9.17) is 9.47 Å². The molecule has 1 atom stereocenters. The molecule has 2 aliphatic rings. The number of amides is 3. The summed E-state index contributed by atoms with van der Waals surface area (Å²) in [5.74, 6) is 0.789. The van der Waals surface area contributed by atoms with E-state index in [1.54, 1.807) is 49.4 Å². The van der Waals surface area contributed by atoms with Gasteiger partial charge in [0, 0.05) is 0 Å². The van der Waals surface area contributed by atoms with Crippen molar-refractivity contribution >= 4 is 11.9 Å². The number of carbonyl (C=O) groups is 2. The van der Waals surface area contributed by atoms with Crippen LogP contribution in [0.5, 0.6) is 11.5 Å². The molecule has 7 nitrogen and oxygen atoms in total. The average molecular weight is 363 g/mol. The lowest BCUT2D eigenvalue weighted by Gasteiger charge is -2.25. The van der Waals surface area contributed by atoms with Crippen LogP contribution >= 0.6 is 0 Å². The van der Waals surface area contributed by atoms with E-state index in [9.17, 15) is 14.9 Å². The topological polar surface area (TPSA) is 91.7 Å². The molecule has 2 aromatic rings. The Morgan fingerprint density at radius 2 is 1.89 bits per heavy atom. The first-order valence-corrected chi connectivity index (χ1v) is 8.55. The lowest BCUT2D eigenvalue weighted by molar-refractivity contribution is -0.131. The Labute approximate surface area is 156 Å². The zero-order valence-corrected chi connectivity index (χ0v) is 14.7. The van der Waals surface area contributed by atoms with Gasteiger partial charge in [-0.25, -0.2) is 4.79 Å². The third kappa shape index (κ3) is 2.75. The first-order chi connectivity index (χ1) is 13.0. The van der Waals surface area contributed by atoms with E-state index in [0.29, 0.717) is 41.4 Å². The number of urea groups is 1. The van der Waals surface area contributed by atoms with Crippen LogP contribution in [-0.4, -0.2) is 30.1 Å². The minimum absolute atomic E-state index is 0.0363. The minimum Gasteiger partial charge on any atom is -0.486 e. The summed E-state index contributed by atoms with van der Waals surface area (Å²) in [6.45, 7) is 2.61. The van der Waals surface area contributed by atoms with Gasteiger partial charge in [0.2, 0.25) is 0 Å². The van der Waals surface area contributed by atoms with Crippen molar-refractivity contribution in [3.8, 4) is 17.6 Å². The van der Waals surface area contributed by atoms with E-state index >= 15 is 0 Å².